The van der Waals surface area contributed by atoms with Gasteiger partial charge < -0.3 is 19.7 Å². The van der Waals surface area contributed by atoms with Crippen LogP contribution in [0, 0.1) is 0 Å². The monoisotopic (exact) mass is 288 g/mol. The molecule has 1 aromatic carbocycles. The van der Waals surface area contributed by atoms with Gasteiger partial charge in [0.1, 0.15) is 0 Å². The van der Waals surface area contributed by atoms with Gasteiger partial charge in [-0.25, -0.2) is 0 Å². The van der Waals surface area contributed by atoms with E-state index in [-0.39, 0.29) is 18.6 Å². The predicted octanol–water partition coefficient (Wildman–Crippen LogP) is 1.78. The fourth-order valence-electron chi connectivity index (χ4n) is 2.91. The summed E-state index contributed by atoms with van der Waals surface area (Å²) in [5, 5.41) is 10.4. The molecule has 1 saturated heterocycles. The summed E-state index contributed by atoms with van der Waals surface area (Å²) >= 11 is 0. The molecule has 1 aromatic heterocycles. The number of ether oxygens (including phenoxy) is 1. The summed E-state index contributed by atoms with van der Waals surface area (Å²) in [4.78, 5) is 17.6. The summed E-state index contributed by atoms with van der Waals surface area (Å²) in [7, 11) is 0. The van der Waals surface area contributed by atoms with Crippen molar-refractivity contribution in [2.24, 2.45) is 0 Å². The smallest absolute Gasteiger partial charge is 0.254 e. The Kier molecular flexibility index (Phi) is 3.47. The molecular weight excluding hydrogens is 268 g/mol. The third-order valence-electron chi connectivity index (χ3n) is 3.77. The Balaban J connectivity index is 1.86. The van der Waals surface area contributed by atoms with Gasteiger partial charge in [0.15, 0.2) is 0 Å². The van der Waals surface area contributed by atoms with E-state index < -0.39 is 5.60 Å². The lowest BCUT2D eigenvalue weighted by molar-refractivity contribution is -0.139. The standard InChI is InChI=1S/C16H20N2O3/c1-16(2)10-18(8-13(9-19)21-16)15(20)12-4-3-11-5-6-17-14(11)7-12/h3-7,13,17,19H,8-10H2,1-2H3. The minimum Gasteiger partial charge on any atom is -0.394 e. The van der Waals surface area contributed by atoms with Gasteiger partial charge >= 0.3 is 0 Å². The summed E-state index contributed by atoms with van der Waals surface area (Å²) in [6.07, 6.45) is 1.53. The van der Waals surface area contributed by atoms with Crippen molar-refractivity contribution in [3.63, 3.8) is 0 Å². The Labute approximate surface area is 123 Å². The highest BCUT2D eigenvalue weighted by Gasteiger charge is 2.35. The molecular formula is C16H20N2O3. The maximum absolute atomic E-state index is 12.7. The van der Waals surface area contributed by atoms with Gasteiger partial charge in [-0.1, -0.05) is 6.07 Å². The number of aromatic nitrogens is 1. The van der Waals surface area contributed by atoms with Crippen molar-refractivity contribution in [1.29, 1.82) is 0 Å². The average molecular weight is 288 g/mol. The van der Waals surface area contributed by atoms with Gasteiger partial charge in [-0.2, -0.15) is 0 Å². The van der Waals surface area contributed by atoms with Crippen molar-refractivity contribution in [2.75, 3.05) is 19.7 Å². The molecule has 2 heterocycles. The topological polar surface area (TPSA) is 65.6 Å². The van der Waals surface area contributed by atoms with Crippen molar-refractivity contribution in [1.82, 2.24) is 9.88 Å². The third kappa shape index (κ3) is 2.80. The molecule has 2 aromatic rings. The van der Waals surface area contributed by atoms with Crippen molar-refractivity contribution in [2.45, 2.75) is 25.6 Å². The van der Waals surface area contributed by atoms with Crippen LogP contribution in [0.25, 0.3) is 10.9 Å². The number of nitrogens with one attached hydrogen (secondary N) is 1. The van der Waals surface area contributed by atoms with Crippen LogP contribution in [-0.4, -0.2) is 52.3 Å². The molecule has 1 fully saturated rings. The Morgan fingerprint density at radius 3 is 3.05 bits per heavy atom. The Morgan fingerprint density at radius 2 is 2.29 bits per heavy atom. The number of benzene rings is 1. The number of rotatable bonds is 2. The molecule has 0 aliphatic carbocycles. The fraction of sp³-hybridized carbons (Fsp3) is 0.438. The highest BCUT2D eigenvalue weighted by molar-refractivity contribution is 5.98. The van der Waals surface area contributed by atoms with E-state index in [0.29, 0.717) is 18.7 Å². The van der Waals surface area contributed by atoms with Crippen LogP contribution in [0.15, 0.2) is 30.5 Å². The van der Waals surface area contributed by atoms with Gasteiger partial charge in [-0.15, -0.1) is 0 Å². The maximum Gasteiger partial charge on any atom is 0.254 e. The molecule has 1 unspecified atom stereocenters. The number of carbonyl (C=O) groups is 1. The van der Waals surface area contributed by atoms with Crippen molar-refractivity contribution in [3.8, 4) is 0 Å². The molecule has 0 bridgehead atoms. The molecule has 1 amide bonds. The van der Waals surface area contributed by atoms with Crippen LogP contribution in [0.3, 0.4) is 0 Å². The third-order valence-corrected chi connectivity index (χ3v) is 3.77. The number of nitrogens with zero attached hydrogens (tertiary/aromatic N) is 1. The van der Waals surface area contributed by atoms with Crippen molar-refractivity contribution in [3.05, 3.63) is 36.0 Å². The molecule has 2 N–H and O–H groups in total. The SMILES string of the molecule is CC1(C)CN(C(=O)c2ccc3cc[nH]c3c2)CC(CO)O1. The zero-order chi connectivity index (χ0) is 15.0. The quantitative estimate of drug-likeness (QED) is 0.885. The molecule has 3 rings (SSSR count). The first-order valence-electron chi connectivity index (χ1n) is 7.14. The number of amides is 1. The first-order chi connectivity index (χ1) is 9.98. The lowest BCUT2D eigenvalue weighted by Gasteiger charge is -2.42. The number of fused-ring (bicyclic) bond motifs is 1. The van der Waals surface area contributed by atoms with E-state index in [2.05, 4.69) is 4.98 Å². The number of morpholine rings is 1. The molecule has 112 valence electrons. The van der Waals surface area contributed by atoms with Gasteiger partial charge in [0.25, 0.3) is 5.91 Å². The Morgan fingerprint density at radius 1 is 1.48 bits per heavy atom. The molecule has 1 aliphatic rings. The summed E-state index contributed by atoms with van der Waals surface area (Å²) in [5.74, 6) is -0.0266. The van der Waals surface area contributed by atoms with Crippen LogP contribution in [0.1, 0.15) is 24.2 Å². The van der Waals surface area contributed by atoms with E-state index in [1.165, 1.54) is 0 Å². The molecule has 1 atom stereocenters. The van der Waals surface area contributed by atoms with Crippen LogP contribution < -0.4 is 0 Å². The summed E-state index contributed by atoms with van der Waals surface area (Å²) in [5.41, 5.74) is 1.16. The van der Waals surface area contributed by atoms with E-state index >= 15 is 0 Å². The van der Waals surface area contributed by atoms with Gasteiger partial charge in [0, 0.05) is 30.4 Å². The number of aromatic amines is 1. The lowest BCUT2D eigenvalue weighted by Crippen LogP contribution is -2.55. The van der Waals surface area contributed by atoms with Gasteiger partial charge in [-0.05, 0) is 37.4 Å². The number of aliphatic hydroxyl groups excluding tert-OH is 1. The molecule has 1 aliphatic heterocycles. The molecule has 5 heteroatoms. The number of hydrogen-bond acceptors (Lipinski definition) is 3. The number of hydrogen-bond donors (Lipinski definition) is 2. The first kappa shape index (κ1) is 14.1. The van der Waals surface area contributed by atoms with Crippen LogP contribution in [0.2, 0.25) is 0 Å². The Hall–Kier alpha value is -1.85. The van der Waals surface area contributed by atoms with Crippen LogP contribution >= 0.6 is 0 Å². The lowest BCUT2D eigenvalue weighted by atomic mass is 10.0. The van der Waals surface area contributed by atoms with E-state index in [1.807, 2.05) is 44.3 Å². The zero-order valence-electron chi connectivity index (χ0n) is 12.3. The molecule has 0 radical (unpaired) electrons. The first-order valence-corrected chi connectivity index (χ1v) is 7.14. The van der Waals surface area contributed by atoms with Crippen molar-refractivity contribution >= 4 is 16.8 Å². The minimum atomic E-state index is -0.447. The minimum absolute atomic E-state index is 0.0266. The van der Waals surface area contributed by atoms with Gasteiger partial charge in [0.2, 0.25) is 0 Å². The number of carbonyl (C=O) groups excluding carboxylic acids is 1. The van der Waals surface area contributed by atoms with E-state index in [1.54, 1.807) is 4.90 Å². The number of aliphatic hydroxyl groups is 1. The maximum atomic E-state index is 12.7. The molecule has 0 spiro atoms. The zero-order valence-corrected chi connectivity index (χ0v) is 12.3. The van der Waals surface area contributed by atoms with Gasteiger partial charge in [-0.3, -0.25) is 4.79 Å². The Bertz CT molecular complexity index is 662. The second kappa shape index (κ2) is 5.16. The molecule has 5 nitrogen and oxygen atoms in total. The van der Waals surface area contributed by atoms with E-state index in [4.69, 9.17) is 4.74 Å². The fourth-order valence-corrected chi connectivity index (χ4v) is 2.91. The van der Waals surface area contributed by atoms with E-state index in [0.717, 1.165) is 10.9 Å². The van der Waals surface area contributed by atoms with Gasteiger partial charge in [0.05, 0.1) is 18.3 Å². The van der Waals surface area contributed by atoms with Crippen LogP contribution in [0.4, 0.5) is 0 Å². The predicted molar refractivity (Wildman–Crippen MR) is 80.2 cm³/mol. The molecule has 21 heavy (non-hydrogen) atoms. The normalized spacial score (nSPS) is 21.7. The summed E-state index contributed by atoms with van der Waals surface area (Å²) < 4.78 is 5.75. The summed E-state index contributed by atoms with van der Waals surface area (Å²) in [6.45, 7) is 4.72. The van der Waals surface area contributed by atoms with Crippen LogP contribution in [0.5, 0.6) is 0 Å². The highest BCUT2D eigenvalue weighted by atomic mass is 16.5. The highest BCUT2D eigenvalue weighted by Crippen LogP contribution is 2.23. The largest absolute Gasteiger partial charge is 0.394 e. The van der Waals surface area contributed by atoms with Crippen LogP contribution in [-0.2, 0) is 4.74 Å². The summed E-state index contributed by atoms with van der Waals surface area (Å²) in [6, 6.07) is 7.63. The van der Waals surface area contributed by atoms with E-state index in [9.17, 15) is 9.90 Å². The second-order valence-corrected chi connectivity index (χ2v) is 6.15. The second-order valence-electron chi connectivity index (χ2n) is 6.15. The average Bonchev–Trinajstić information content (AvgIpc) is 2.92. The van der Waals surface area contributed by atoms with Crippen molar-refractivity contribution < 1.29 is 14.6 Å². The number of H-pyrrole nitrogens is 1. The molecule has 0 saturated carbocycles.